The van der Waals surface area contributed by atoms with E-state index in [1.807, 2.05) is 0 Å². The maximum atomic E-state index is 14.0. The first-order valence-corrected chi connectivity index (χ1v) is 11.0. The molecule has 0 aliphatic rings. The van der Waals surface area contributed by atoms with Crippen molar-refractivity contribution in [2.75, 3.05) is 12.4 Å². The molecule has 0 radical (unpaired) electrons. The minimum atomic E-state index is -5.04. The maximum Gasteiger partial charge on any atom is 0.418 e. The third kappa shape index (κ3) is 7.59. The van der Waals surface area contributed by atoms with E-state index in [1.54, 1.807) is 20.8 Å². The summed E-state index contributed by atoms with van der Waals surface area (Å²) in [7, 11) is 1.32. The molecule has 1 unspecified atom stereocenters. The number of rotatable bonds is 6. The Morgan fingerprint density at radius 2 is 1.81 bits per heavy atom. The van der Waals surface area contributed by atoms with Gasteiger partial charge in [-0.2, -0.15) is 13.2 Å². The molecule has 1 aromatic carbocycles. The summed E-state index contributed by atoms with van der Waals surface area (Å²) < 4.78 is 66.3. The first-order chi connectivity index (χ1) is 16.5. The number of hydrogen-bond donors (Lipinski definition) is 2. The Labute approximate surface area is 208 Å². The van der Waals surface area contributed by atoms with Gasteiger partial charge in [0.1, 0.15) is 17.2 Å². The van der Waals surface area contributed by atoms with Crippen LogP contribution >= 0.6 is 0 Å². The molecule has 0 bridgehead atoms. The van der Waals surface area contributed by atoms with Gasteiger partial charge < -0.3 is 14.6 Å². The summed E-state index contributed by atoms with van der Waals surface area (Å²) in [6.07, 6.45) is -6.25. The zero-order valence-electron chi connectivity index (χ0n) is 21.0. The molecular weight excluding hydrogens is 480 g/mol. The quantitative estimate of drug-likeness (QED) is 0.369. The standard InChI is InChI=1S/C26H30F4N2O4/c1-23(2,3)36-22(33)32-21-17(10-8-14-31-21)9-7-13-25(34,26(28,29)30)16-24(4,5)19-15-18(27)11-12-20(19)35-6/h8,10-12,14-15,34H,13,16H2,1-6H3,(H,31,32,33). The zero-order chi connectivity index (χ0) is 27.4. The van der Waals surface area contributed by atoms with Crippen LogP contribution in [-0.2, 0) is 10.2 Å². The monoisotopic (exact) mass is 510 g/mol. The minimum absolute atomic E-state index is 0.000347. The number of ether oxygens (including phenoxy) is 2. The van der Waals surface area contributed by atoms with Crippen molar-refractivity contribution in [2.45, 2.75) is 70.3 Å². The van der Waals surface area contributed by atoms with Gasteiger partial charge in [0, 0.05) is 18.2 Å². The van der Waals surface area contributed by atoms with Crippen LogP contribution in [0.4, 0.5) is 28.2 Å². The van der Waals surface area contributed by atoms with E-state index in [9.17, 15) is 27.5 Å². The van der Waals surface area contributed by atoms with Crippen LogP contribution in [0.2, 0.25) is 0 Å². The van der Waals surface area contributed by atoms with E-state index in [0.717, 1.165) is 12.1 Å². The van der Waals surface area contributed by atoms with E-state index in [1.165, 1.54) is 45.4 Å². The molecule has 1 atom stereocenters. The summed E-state index contributed by atoms with van der Waals surface area (Å²) in [5, 5.41) is 13.1. The summed E-state index contributed by atoms with van der Waals surface area (Å²) in [6, 6.07) is 6.50. The molecule has 36 heavy (non-hydrogen) atoms. The highest BCUT2D eigenvalue weighted by atomic mass is 19.4. The molecule has 0 spiro atoms. The minimum Gasteiger partial charge on any atom is -0.496 e. The Hall–Kier alpha value is -3.32. The number of methoxy groups -OCH3 is 1. The molecule has 2 aromatic rings. The number of aliphatic hydroxyl groups is 1. The van der Waals surface area contributed by atoms with Crippen molar-refractivity contribution in [2.24, 2.45) is 0 Å². The Morgan fingerprint density at radius 1 is 1.14 bits per heavy atom. The molecule has 2 rings (SSSR count). The van der Waals surface area contributed by atoms with Crippen LogP contribution in [0.3, 0.4) is 0 Å². The first kappa shape index (κ1) is 28.9. The van der Waals surface area contributed by atoms with Gasteiger partial charge in [-0.15, -0.1) is 0 Å². The van der Waals surface area contributed by atoms with Crippen LogP contribution in [0.15, 0.2) is 36.5 Å². The number of halogens is 4. The Bertz CT molecular complexity index is 1150. The smallest absolute Gasteiger partial charge is 0.418 e. The summed E-state index contributed by atoms with van der Waals surface area (Å²) >= 11 is 0. The summed E-state index contributed by atoms with van der Waals surface area (Å²) in [6.45, 7) is 7.93. The highest BCUT2D eigenvalue weighted by Gasteiger charge is 2.55. The fourth-order valence-electron chi connectivity index (χ4n) is 3.59. The lowest BCUT2D eigenvalue weighted by molar-refractivity contribution is -0.264. The molecular formula is C26H30F4N2O4. The van der Waals surface area contributed by atoms with E-state index in [-0.39, 0.29) is 22.7 Å². The molecule has 196 valence electrons. The zero-order valence-corrected chi connectivity index (χ0v) is 21.0. The van der Waals surface area contributed by atoms with E-state index in [0.29, 0.717) is 0 Å². The van der Waals surface area contributed by atoms with Crippen molar-refractivity contribution in [3.63, 3.8) is 0 Å². The molecule has 0 aliphatic heterocycles. The van der Waals surface area contributed by atoms with E-state index < -0.39 is 47.5 Å². The van der Waals surface area contributed by atoms with Crippen molar-refractivity contribution in [1.82, 2.24) is 4.98 Å². The lowest BCUT2D eigenvalue weighted by atomic mass is 9.73. The van der Waals surface area contributed by atoms with Gasteiger partial charge >= 0.3 is 12.3 Å². The van der Waals surface area contributed by atoms with Crippen LogP contribution in [0, 0.1) is 17.7 Å². The first-order valence-electron chi connectivity index (χ1n) is 11.0. The average Bonchev–Trinajstić information content (AvgIpc) is 2.72. The molecule has 0 fully saturated rings. The SMILES string of the molecule is COc1ccc(F)cc1C(C)(C)CC(O)(CC#Cc1cccnc1NC(=O)OC(C)(C)C)C(F)(F)F. The van der Waals surface area contributed by atoms with Gasteiger partial charge in [0.15, 0.2) is 11.4 Å². The van der Waals surface area contributed by atoms with Gasteiger partial charge in [-0.1, -0.05) is 25.7 Å². The number of carbonyl (C=O) groups is 1. The molecule has 6 nitrogen and oxygen atoms in total. The van der Waals surface area contributed by atoms with E-state index in [2.05, 4.69) is 22.1 Å². The van der Waals surface area contributed by atoms with E-state index in [4.69, 9.17) is 9.47 Å². The van der Waals surface area contributed by atoms with Gasteiger partial charge in [0.2, 0.25) is 0 Å². The number of nitrogens with zero attached hydrogens (tertiary/aromatic N) is 1. The molecule has 0 saturated heterocycles. The number of nitrogens with one attached hydrogen (secondary N) is 1. The number of hydrogen-bond acceptors (Lipinski definition) is 5. The average molecular weight is 511 g/mol. The van der Waals surface area contributed by atoms with Gasteiger partial charge in [-0.05, 0) is 62.9 Å². The van der Waals surface area contributed by atoms with E-state index >= 15 is 0 Å². The molecule has 1 heterocycles. The predicted molar refractivity (Wildman–Crippen MR) is 127 cm³/mol. The fourth-order valence-corrected chi connectivity index (χ4v) is 3.59. The third-order valence-corrected chi connectivity index (χ3v) is 5.18. The number of alkyl halides is 3. The van der Waals surface area contributed by atoms with Gasteiger partial charge in [-0.3, -0.25) is 5.32 Å². The largest absolute Gasteiger partial charge is 0.496 e. The van der Waals surface area contributed by atoms with Crippen LogP contribution < -0.4 is 10.1 Å². The van der Waals surface area contributed by atoms with Crippen LogP contribution in [0.1, 0.15) is 58.6 Å². The fraction of sp³-hybridized carbons (Fsp3) is 0.462. The van der Waals surface area contributed by atoms with Crippen LogP contribution in [0.5, 0.6) is 5.75 Å². The Balaban J connectivity index is 2.34. The van der Waals surface area contributed by atoms with Crippen LogP contribution in [-0.4, -0.2) is 40.7 Å². The van der Waals surface area contributed by atoms with Crippen molar-refractivity contribution in [3.8, 4) is 17.6 Å². The number of pyridine rings is 1. The van der Waals surface area contributed by atoms with Crippen LogP contribution in [0.25, 0.3) is 0 Å². The topological polar surface area (TPSA) is 80.7 Å². The normalized spacial score (nSPS) is 13.8. The molecule has 1 amide bonds. The molecule has 2 N–H and O–H groups in total. The van der Waals surface area contributed by atoms with Crippen molar-refractivity contribution >= 4 is 11.9 Å². The molecule has 0 aliphatic carbocycles. The number of benzene rings is 1. The van der Waals surface area contributed by atoms with Gasteiger partial charge in [0.25, 0.3) is 0 Å². The lowest BCUT2D eigenvalue weighted by Gasteiger charge is -2.37. The summed E-state index contributed by atoms with van der Waals surface area (Å²) in [5.74, 6) is 4.46. The van der Waals surface area contributed by atoms with Crippen molar-refractivity contribution < 1.29 is 36.9 Å². The van der Waals surface area contributed by atoms with Crippen molar-refractivity contribution in [1.29, 1.82) is 0 Å². The summed E-state index contributed by atoms with van der Waals surface area (Å²) in [5.41, 5.74) is -5.01. The molecule has 1 aromatic heterocycles. The molecule has 10 heteroatoms. The van der Waals surface area contributed by atoms with Gasteiger partial charge in [0.05, 0.1) is 12.7 Å². The second-order valence-corrected chi connectivity index (χ2v) is 9.94. The Kier molecular flexibility index (Phi) is 8.63. The lowest BCUT2D eigenvalue weighted by Crippen LogP contribution is -2.49. The highest BCUT2D eigenvalue weighted by Crippen LogP contribution is 2.45. The number of carbonyl (C=O) groups excluding carboxylic acids is 1. The molecule has 0 saturated carbocycles. The van der Waals surface area contributed by atoms with Crippen molar-refractivity contribution in [3.05, 3.63) is 53.5 Å². The Morgan fingerprint density at radius 3 is 2.39 bits per heavy atom. The predicted octanol–water partition coefficient (Wildman–Crippen LogP) is 5.98. The number of anilines is 1. The third-order valence-electron chi connectivity index (χ3n) is 5.18. The number of amides is 1. The maximum absolute atomic E-state index is 14.0. The van der Waals surface area contributed by atoms with Gasteiger partial charge in [-0.25, -0.2) is 14.2 Å². The summed E-state index contributed by atoms with van der Waals surface area (Å²) in [4.78, 5) is 16.1. The second kappa shape index (κ2) is 10.7. The highest BCUT2D eigenvalue weighted by molar-refractivity contribution is 5.85. The number of aromatic nitrogens is 1. The second-order valence-electron chi connectivity index (χ2n) is 9.94.